The minimum atomic E-state index is -4.52. The number of furan rings is 1. The van der Waals surface area contributed by atoms with Crippen molar-refractivity contribution in [3.05, 3.63) is 60.5 Å². The number of alkyl halides is 3. The van der Waals surface area contributed by atoms with Crippen molar-refractivity contribution >= 4 is 17.7 Å². The molecule has 1 aromatic carbocycles. The summed E-state index contributed by atoms with van der Waals surface area (Å²) in [7, 11) is 0. The van der Waals surface area contributed by atoms with E-state index in [0.29, 0.717) is 17.4 Å². The second kappa shape index (κ2) is 8.95. The maximum absolute atomic E-state index is 12.9. The highest BCUT2D eigenvalue weighted by Crippen LogP contribution is 2.32. The normalized spacial score (nSPS) is 24.0. The van der Waals surface area contributed by atoms with Crippen LogP contribution < -0.4 is 10.6 Å². The smallest absolute Gasteiger partial charge is 0.416 e. The summed E-state index contributed by atoms with van der Waals surface area (Å²) in [6, 6.07) is 9.26. The standard InChI is InChI=1S/C22H19F3N4O5/c23-22(24,25)12-3-1-4-13(9-12)27-21(30)34-17-11-33-18-15(10-32-19(17)18)29-20-26-7-6-14(28-20)16-5-2-8-31-16/h1-9,15,17-19H,10-11H2,(H,27,30)(H,26,28,29). The van der Waals surface area contributed by atoms with Crippen molar-refractivity contribution in [1.82, 2.24) is 9.97 Å². The van der Waals surface area contributed by atoms with E-state index in [2.05, 4.69) is 20.6 Å². The van der Waals surface area contributed by atoms with Crippen LogP contribution in [-0.4, -0.2) is 53.6 Å². The number of hydrogen-bond acceptors (Lipinski definition) is 8. The van der Waals surface area contributed by atoms with Gasteiger partial charge in [0.15, 0.2) is 11.9 Å². The van der Waals surface area contributed by atoms with Crippen LogP contribution in [0.15, 0.2) is 59.3 Å². The van der Waals surface area contributed by atoms with Crippen LogP contribution >= 0.6 is 0 Å². The van der Waals surface area contributed by atoms with Crippen molar-refractivity contribution in [2.24, 2.45) is 0 Å². The van der Waals surface area contributed by atoms with E-state index < -0.39 is 36.1 Å². The highest BCUT2D eigenvalue weighted by atomic mass is 19.4. The molecule has 2 N–H and O–H groups in total. The van der Waals surface area contributed by atoms with E-state index in [1.807, 2.05) is 0 Å². The van der Waals surface area contributed by atoms with Gasteiger partial charge in [0.2, 0.25) is 5.95 Å². The van der Waals surface area contributed by atoms with E-state index in [-0.39, 0.29) is 24.9 Å². The number of fused-ring (bicyclic) bond motifs is 1. The Labute approximate surface area is 191 Å². The Kier molecular flexibility index (Phi) is 5.84. The molecule has 2 aliphatic heterocycles. The first-order valence-electron chi connectivity index (χ1n) is 10.4. The molecule has 0 aliphatic carbocycles. The number of carbonyl (C=O) groups is 1. The lowest BCUT2D eigenvalue weighted by atomic mass is 10.1. The van der Waals surface area contributed by atoms with Crippen molar-refractivity contribution in [2.75, 3.05) is 23.8 Å². The predicted octanol–water partition coefficient (Wildman–Crippen LogP) is 3.95. The molecule has 5 rings (SSSR count). The summed E-state index contributed by atoms with van der Waals surface area (Å²) in [6.45, 7) is 0.343. The number of aromatic nitrogens is 2. The number of amides is 1. The molecule has 9 nitrogen and oxygen atoms in total. The van der Waals surface area contributed by atoms with Crippen LogP contribution in [0.1, 0.15) is 5.56 Å². The van der Waals surface area contributed by atoms with Crippen LogP contribution in [0.2, 0.25) is 0 Å². The monoisotopic (exact) mass is 476 g/mol. The zero-order chi connectivity index (χ0) is 23.7. The molecule has 34 heavy (non-hydrogen) atoms. The molecule has 2 aromatic heterocycles. The van der Waals surface area contributed by atoms with Gasteiger partial charge in [0, 0.05) is 11.9 Å². The first kappa shape index (κ1) is 22.2. The van der Waals surface area contributed by atoms with Crippen molar-refractivity contribution in [2.45, 2.75) is 30.5 Å². The maximum Gasteiger partial charge on any atom is 0.416 e. The van der Waals surface area contributed by atoms with Gasteiger partial charge in [-0.1, -0.05) is 6.07 Å². The van der Waals surface area contributed by atoms with Crippen LogP contribution in [-0.2, 0) is 20.4 Å². The fraction of sp³-hybridized carbons (Fsp3) is 0.318. The molecule has 2 saturated heterocycles. The minimum absolute atomic E-state index is 0.0317. The van der Waals surface area contributed by atoms with Crippen LogP contribution in [0.3, 0.4) is 0 Å². The van der Waals surface area contributed by atoms with E-state index >= 15 is 0 Å². The Morgan fingerprint density at radius 1 is 1.09 bits per heavy atom. The van der Waals surface area contributed by atoms with Crippen LogP contribution in [0.4, 0.5) is 29.6 Å². The molecule has 2 aliphatic rings. The Balaban J connectivity index is 1.18. The van der Waals surface area contributed by atoms with Crippen molar-refractivity contribution < 1.29 is 36.6 Å². The quantitative estimate of drug-likeness (QED) is 0.570. The lowest BCUT2D eigenvalue weighted by molar-refractivity contribution is -0.137. The number of ether oxygens (including phenoxy) is 3. The lowest BCUT2D eigenvalue weighted by Crippen LogP contribution is -2.38. The third-order valence-electron chi connectivity index (χ3n) is 5.45. The summed E-state index contributed by atoms with van der Waals surface area (Å²) in [6.07, 6.45) is -3.97. The van der Waals surface area contributed by atoms with Gasteiger partial charge in [-0.15, -0.1) is 0 Å². The molecule has 3 aromatic rings. The van der Waals surface area contributed by atoms with Crippen molar-refractivity contribution in [1.29, 1.82) is 0 Å². The Hall–Kier alpha value is -3.64. The van der Waals surface area contributed by atoms with Crippen molar-refractivity contribution in [3.63, 3.8) is 0 Å². The largest absolute Gasteiger partial charge is 0.463 e. The van der Waals surface area contributed by atoms with Gasteiger partial charge >= 0.3 is 12.3 Å². The number of nitrogens with zero attached hydrogens (tertiary/aromatic N) is 2. The zero-order valence-corrected chi connectivity index (χ0v) is 17.5. The summed E-state index contributed by atoms with van der Waals surface area (Å²) >= 11 is 0. The number of benzene rings is 1. The minimum Gasteiger partial charge on any atom is -0.463 e. The highest BCUT2D eigenvalue weighted by Gasteiger charge is 2.49. The summed E-state index contributed by atoms with van der Waals surface area (Å²) in [4.78, 5) is 20.9. The summed E-state index contributed by atoms with van der Waals surface area (Å²) in [5.41, 5.74) is -0.297. The number of nitrogens with one attached hydrogen (secondary N) is 2. The molecule has 1 amide bonds. The van der Waals surface area contributed by atoms with Gasteiger partial charge in [-0.25, -0.2) is 14.8 Å². The molecule has 0 radical (unpaired) electrons. The van der Waals surface area contributed by atoms with Gasteiger partial charge in [0.25, 0.3) is 0 Å². The van der Waals surface area contributed by atoms with Crippen LogP contribution in [0, 0.1) is 0 Å². The van der Waals surface area contributed by atoms with Crippen molar-refractivity contribution in [3.8, 4) is 11.5 Å². The number of halogens is 3. The molecule has 178 valence electrons. The second-order valence-electron chi connectivity index (χ2n) is 7.74. The van der Waals surface area contributed by atoms with E-state index in [9.17, 15) is 18.0 Å². The highest BCUT2D eigenvalue weighted by molar-refractivity contribution is 5.84. The lowest BCUT2D eigenvalue weighted by Gasteiger charge is -2.18. The molecule has 12 heteroatoms. The van der Waals surface area contributed by atoms with Gasteiger partial charge < -0.3 is 23.9 Å². The van der Waals surface area contributed by atoms with E-state index in [4.69, 9.17) is 18.6 Å². The number of hydrogen-bond donors (Lipinski definition) is 2. The number of anilines is 2. The van der Waals surface area contributed by atoms with Gasteiger partial charge in [0.05, 0.1) is 31.1 Å². The predicted molar refractivity (Wildman–Crippen MR) is 112 cm³/mol. The Morgan fingerprint density at radius 2 is 1.94 bits per heavy atom. The molecular weight excluding hydrogens is 457 g/mol. The molecule has 0 spiro atoms. The molecule has 0 saturated carbocycles. The Morgan fingerprint density at radius 3 is 2.74 bits per heavy atom. The van der Waals surface area contributed by atoms with Crippen LogP contribution in [0.5, 0.6) is 0 Å². The molecule has 4 atom stereocenters. The number of rotatable bonds is 5. The maximum atomic E-state index is 12.9. The van der Waals surface area contributed by atoms with Gasteiger partial charge in [-0.05, 0) is 36.4 Å². The summed E-state index contributed by atoms with van der Waals surface area (Å²) in [5, 5.41) is 5.49. The van der Waals surface area contributed by atoms with E-state index in [1.54, 1.807) is 30.7 Å². The van der Waals surface area contributed by atoms with Gasteiger partial charge in [-0.3, -0.25) is 5.32 Å². The average molecular weight is 476 g/mol. The first-order valence-corrected chi connectivity index (χ1v) is 10.4. The molecular formula is C22H19F3N4O5. The third-order valence-corrected chi connectivity index (χ3v) is 5.45. The average Bonchev–Trinajstić information content (AvgIpc) is 3.54. The summed E-state index contributed by atoms with van der Waals surface area (Å²) in [5.74, 6) is 0.960. The SMILES string of the molecule is O=C(Nc1cccc(C(F)(F)F)c1)OC1COC2C(Nc3nccc(-c4ccco4)n3)COC12. The molecule has 0 bridgehead atoms. The topological polar surface area (TPSA) is 108 Å². The van der Waals surface area contributed by atoms with Gasteiger partial charge in [0.1, 0.15) is 17.9 Å². The fourth-order valence-electron chi connectivity index (χ4n) is 3.90. The van der Waals surface area contributed by atoms with E-state index in [0.717, 1.165) is 12.1 Å². The molecule has 2 fully saturated rings. The first-order chi connectivity index (χ1) is 16.4. The van der Waals surface area contributed by atoms with Crippen LogP contribution in [0.25, 0.3) is 11.5 Å². The second-order valence-corrected chi connectivity index (χ2v) is 7.74. The third kappa shape index (κ3) is 4.68. The summed E-state index contributed by atoms with van der Waals surface area (Å²) < 4.78 is 60.9. The molecule has 4 unspecified atom stereocenters. The number of carbonyl (C=O) groups excluding carboxylic acids is 1. The molecule has 4 heterocycles. The zero-order valence-electron chi connectivity index (χ0n) is 17.5. The Bertz CT molecular complexity index is 1160. The van der Waals surface area contributed by atoms with Gasteiger partial charge in [-0.2, -0.15) is 13.2 Å². The van der Waals surface area contributed by atoms with E-state index in [1.165, 1.54) is 12.1 Å². The fourth-order valence-corrected chi connectivity index (χ4v) is 3.90.